The van der Waals surface area contributed by atoms with E-state index in [0.717, 1.165) is 135 Å². The first-order chi connectivity index (χ1) is 31.5. The molecule has 64 heavy (non-hydrogen) atoms. The van der Waals surface area contributed by atoms with Gasteiger partial charge in [-0.3, -0.25) is 14.4 Å². The Hall–Kier alpha value is -3.67. The molecule has 0 rings (SSSR count). The number of hydrogen-bond donors (Lipinski definition) is 0. The highest BCUT2D eigenvalue weighted by Gasteiger charge is 2.19. The van der Waals surface area contributed by atoms with Crippen molar-refractivity contribution in [3.8, 4) is 0 Å². The van der Waals surface area contributed by atoms with Crippen LogP contribution in [0.1, 0.15) is 233 Å². The van der Waals surface area contributed by atoms with Gasteiger partial charge in [-0.25, -0.2) is 0 Å². The largest absolute Gasteiger partial charge is 0.462 e. The van der Waals surface area contributed by atoms with Crippen LogP contribution in [0.5, 0.6) is 0 Å². The van der Waals surface area contributed by atoms with Gasteiger partial charge < -0.3 is 14.2 Å². The maximum Gasteiger partial charge on any atom is 0.306 e. The number of hydrogen-bond acceptors (Lipinski definition) is 6. The lowest BCUT2D eigenvalue weighted by molar-refractivity contribution is -0.167. The monoisotopic (exact) mass is 889 g/mol. The number of esters is 3. The molecule has 1 atom stereocenters. The Balaban J connectivity index is 4.48. The van der Waals surface area contributed by atoms with Gasteiger partial charge in [0.15, 0.2) is 6.10 Å². The fraction of sp³-hybridized carbons (Fsp3) is 0.672. The maximum atomic E-state index is 12.8. The number of ether oxygens (including phenoxy) is 3. The summed E-state index contributed by atoms with van der Waals surface area (Å²) in [7, 11) is 0. The molecule has 0 aliphatic heterocycles. The zero-order chi connectivity index (χ0) is 46.5. The van der Waals surface area contributed by atoms with E-state index in [0.29, 0.717) is 12.8 Å². The molecule has 0 aliphatic rings. The summed E-state index contributed by atoms with van der Waals surface area (Å²) in [5.74, 6) is -0.948. The summed E-state index contributed by atoms with van der Waals surface area (Å²) < 4.78 is 16.8. The van der Waals surface area contributed by atoms with Gasteiger partial charge in [0, 0.05) is 19.3 Å². The van der Waals surface area contributed by atoms with Crippen LogP contribution >= 0.6 is 0 Å². The van der Waals surface area contributed by atoms with Gasteiger partial charge in [0.1, 0.15) is 13.2 Å². The molecular weight excluding hydrogens is 793 g/mol. The average Bonchev–Trinajstić information content (AvgIpc) is 3.29. The van der Waals surface area contributed by atoms with Crippen LogP contribution in [0.4, 0.5) is 0 Å². The third-order valence-electron chi connectivity index (χ3n) is 10.8. The Labute approximate surface area is 394 Å². The highest BCUT2D eigenvalue weighted by atomic mass is 16.6. The van der Waals surface area contributed by atoms with Gasteiger partial charge in [0.05, 0.1) is 0 Å². The minimum Gasteiger partial charge on any atom is -0.462 e. The molecule has 0 aliphatic carbocycles. The van der Waals surface area contributed by atoms with Gasteiger partial charge in [0.25, 0.3) is 0 Å². The predicted molar refractivity (Wildman–Crippen MR) is 274 cm³/mol. The Morgan fingerprint density at radius 1 is 0.328 bits per heavy atom. The van der Waals surface area contributed by atoms with Gasteiger partial charge in [-0.15, -0.1) is 0 Å². The second-order valence-electron chi connectivity index (χ2n) is 17.0. The lowest BCUT2D eigenvalue weighted by Gasteiger charge is -2.18. The molecule has 0 spiro atoms. The Morgan fingerprint density at radius 2 is 0.609 bits per heavy atom. The van der Waals surface area contributed by atoms with Crippen molar-refractivity contribution >= 4 is 17.9 Å². The number of carbonyl (C=O) groups is 3. The third-order valence-corrected chi connectivity index (χ3v) is 10.8. The standard InChI is InChI=1S/C58H96O6/c1-4-7-10-13-16-19-22-25-27-28-29-30-32-34-37-40-43-46-49-52-58(61)64-55(53-62-56(59)50-47-44-41-38-35-24-21-18-15-12-9-6-3)54-63-57(60)51-48-45-42-39-36-33-31-26-23-20-17-14-11-8-5-2/h7-8,10-11,16-17,19-20,25-27,29-31,34,37,55H,4-6,9,12-15,18,21-24,28,32-33,35-36,38-54H2,1-3H3/b10-7-,11-8-,19-16-,20-17-,27-25-,30-29-,31-26-,37-34-/t55-/m0/s1. The van der Waals surface area contributed by atoms with E-state index in [1.165, 1.54) is 57.8 Å². The number of carbonyl (C=O) groups excluding carboxylic acids is 3. The molecule has 0 radical (unpaired) electrons. The first-order valence-corrected chi connectivity index (χ1v) is 26.2. The van der Waals surface area contributed by atoms with Crippen LogP contribution in [0.25, 0.3) is 0 Å². The molecule has 0 aromatic carbocycles. The summed E-state index contributed by atoms with van der Waals surface area (Å²) in [4.78, 5) is 38.0. The van der Waals surface area contributed by atoms with Crippen molar-refractivity contribution in [3.05, 3.63) is 97.2 Å². The first-order valence-electron chi connectivity index (χ1n) is 26.2. The Morgan fingerprint density at radius 3 is 0.969 bits per heavy atom. The lowest BCUT2D eigenvalue weighted by Crippen LogP contribution is -2.30. The first kappa shape index (κ1) is 60.3. The molecule has 0 aromatic rings. The van der Waals surface area contributed by atoms with E-state index in [1.807, 2.05) is 0 Å². The Bertz CT molecular complexity index is 1300. The molecule has 0 saturated carbocycles. The van der Waals surface area contributed by atoms with Crippen molar-refractivity contribution in [1.29, 1.82) is 0 Å². The van der Waals surface area contributed by atoms with Crippen LogP contribution in [0.3, 0.4) is 0 Å². The molecule has 0 heterocycles. The van der Waals surface area contributed by atoms with Crippen LogP contribution in [-0.4, -0.2) is 37.2 Å². The van der Waals surface area contributed by atoms with Crippen LogP contribution in [0, 0.1) is 0 Å². The van der Waals surface area contributed by atoms with Crippen molar-refractivity contribution in [2.45, 2.75) is 239 Å². The second kappa shape index (κ2) is 52.0. The SMILES string of the molecule is CC/C=C\C/C=C\C/C=C\C/C=C\C/C=C\CCCCCC(=O)O[C@H](COC(=O)CCCCCCC/C=C\C/C=C\C/C=C\CC)COC(=O)CCCCCCCCCCCCCC. The highest BCUT2D eigenvalue weighted by Crippen LogP contribution is 2.14. The topological polar surface area (TPSA) is 78.9 Å². The van der Waals surface area contributed by atoms with E-state index < -0.39 is 6.10 Å². The van der Waals surface area contributed by atoms with Gasteiger partial charge in [-0.1, -0.05) is 214 Å². The fourth-order valence-corrected chi connectivity index (χ4v) is 6.95. The minimum absolute atomic E-state index is 0.0960. The summed E-state index contributed by atoms with van der Waals surface area (Å²) in [6, 6.07) is 0. The van der Waals surface area contributed by atoms with Gasteiger partial charge in [0.2, 0.25) is 0 Å². The van der Waals surface area contributed by atoms with E-state index in [2.05, 4.69) is 118 Å². The number of rotatable bonds is 46. The molecule has 0 N–H and O–H groups in total. The third kappa shape index (κ3) is 49.3. The van der Waals surface area contributed by atoms with E-state index in [4.69, 9.17) is 14.2 Å². The molecule has 0 saturated heterocycles. The highest BCUT2D eigenvalue weighted by molar-refractivity contribution is 5.71. The van der Waals surface area contributed by atoms with E-state index in [9.17, 15) is 14.4 Å². The van der Waals surface area contributed by atoms with Crippen LogP contribution < -0.4 is 0 Å². The summed E-state index contributed by atoms with van der Waals surface area (Å²) in [5, 5.41) is 0. The minimum atomic E-state index is -0.801. The van der Waals surface area contributed by atoms with E-state index >= 15 is 0 Å². The van der Waals surface area contributed by atoms with Gasteiger partial charge in [-0.05, 0) is 96.3 Å². The van der Waals surface area contributed by atoms with Gasteiger partial charge >= 0.3 is 17.9 Å². The van der Waals surface area contributed by atoms with Crippen LogP contribution in [0.2, 0.25) is 0 Å². The molecule has 0 aromatic heterocycles. The molecule has 0 fully saturated rings. The summed E-state index contributed by atoms with van der Waals surface area (Å²) in [5.41, 5.74) is 0. The molecule has 0 unspecified atom stereocenters. The van der Waals surface area contributed by atoms with Crippen molar-refractivity contribution < 1.29 is 28.6 Å². The fourth-order valence-electron chi connectivity index (χ4n) is 6.95. The van der Waals surface area contributed by atoms with Crippen molar-refractivity contribution in [3.63, 3.8) is 0 Å². The molecular formula is C58H96O6. The zero-order valence-electron chi connectivity index (χ0n) is 41.5. The summed E-state index contributed by atoms with van der Waals surface area (Å²) >= 11 is 0. The summed E-state index contributed by atoms with van der Waals surface area (Å²) in [6.45, 7) is 6.36. The quantitative estimate of drug-likeness (QED) is 0.0262. The maximum absolute atomic E-state index is 12.8. The van der Waals surface area contributed by atoms with E-state index in [-0.39, 0.29) is 37.5 Å². The number of unbranched alkanes of at least 4 members (excludes halogenated alkanes) is 19. The smallest absolute Gasteiger partial charge is 0.306 e. The van der Waals surface area contributed by atoms with Crippen molar-refractivity contribution in [2.75, 3.05) is 13.2 Å². The van der Waals surface area contributed by atoms with Gasteiger partial charge in [-0.2, -0.15) is 0 Å². The average molecular weight is 889 g/mol. The van der Waals surface area contributed by atoms with E-state index in [1.54, 1.807) is 0 Å². The molecule has 0 bridgehead atoms. The zero-order valence-corrected chi connectivity index (χ0v) is 41.5. The molecule has 6 heteroatoms. The lowest BCUT2D eigenvalue weighted by atomic mass is 10.0. The normalized spacial score (nSPS) is 12.9. The molecule has 0 amide bonds. The van der Waals surface area contributed by atoms with Crippen molar-refractivity contribution in [1.82, 2.24) is 0 Å². The molecule has 6 nitrogen and oxygen atoms in total. The summed E-state index contributed by atoms with van der Waals surface area (Å²) in [6.07, 6.45) is 68.2. The molecule has 364 valence electrons. The van der Waals surface area contributed by atoms with Crippen LogP contribution in [0.15, 0.2) is 97.2 Å². The van der Waals surface area contributed by atoms with Crippen molar-refractivity contribution in [2.24, 2.45) is 0 Å². The van der Waals surface area contributed by atoms with Crippen LogP contribution in [-0.2, 0) is 28.6 Å². The Kier molecular flexibility index (Phi) is 49.0. The number of allylic oxidation sites excluding steroid dienone is 16. The second-order valence-corrected chi connectivity index (χ2v) is 17.0. The predicted octanol–water partition coefficient (Wildman–Crippen LogP) is 17.4.